The summed E-state index contributed by atoms with van der Waals surface area (Å²) in [5, 5.41) is 12.6. The van der Waals surface area contributed by atoms with Crippen molar-refractivity contribution in [2.45, 2.75) is 0 Å². The Labute approximate surface area is 67.6 Å². The van der Waals surface area contributed by atoms with Crippen LogP contribution in [-0.4, -0.2) is 25.8 Å². The second kappa shape index (κ2) is 2.10. The summed E-state index contributed by atoms with van der Waals surface area (Å²) in [6.45, 7) is 0. The molecule has 0 radical (unpaired) electrons. The highest BCUT2D eigenvalue weighted by molar-refractivity contribution is 5.99. The van der Waals surface area contributed by atoms with Crippen LogP contribution in [-0.2, 0) is 7.05 Å². The molecule has 0 spiro atoms. The van der Waals surface area contributed by atoms with Gasteiger partial charge in [-0.3, -0.25) is 4.68 Å². The smallest absolute Gasteiger partial charge is 0.358 e. The second-order valence-electron chi connectivity index (χ2n) is 2.52. The van der Waals surface area contributed by atoms with Crippen LogP contribution in [0.1, 0.15) is 10.5 Å². The number of carboxylic acids is 1. The van der Waals surface area contributed by atoms with Crippen molar-refractivity contribution in [2.75, 3.05) is 0 Å². The number of nitrogens with zero attached hydrogens (tertiary/aromatic N) is 2. The molecule has 0 saturated heterocycles. The number of hydrogen-bond donors (Lipinski definition) is 2. The van der Waals surface area contributed by atoms with Crippen LogP contribution in [0.2, 0.25) is 0 Å². The van der Waals surface area contributed by atoms with E-state index < -0.39 is 5.97 Å². The van der Waals surface area contributed by atoms with Gasteiger partial charge in [0.05, 0.1) is 11.0 Å². The lowest BCUT2D eigenvalue weighted by molar-refractivity contribution is 0.0691. The molecular formula is C7H7N3O2. The Hall–Kier alpha value is -1.78. The zero-order valence-electron chi connectivity index (χ0n) is 6.40. The van der Waals surface area contributed by atoms with Crippen LogP contribution >= 0.6 is 0 Å². The standard InChI is InChI=1S/C7H7N3O2/c1-10-4-2-3-8-5(4)6(9-10)7(11)12/h2-3,8H,1H3,(H,11,12). The molecule has 5 heteroatoms. The molecule has 0 aliphatic heterocycles. The van der Waals surface area contributed by atoms with Crippen LogP contribution in [0.5, 0.6) is 0 Å². The van der Waals surface area contributed by atoms with Gasteiger partial charge in [-0.1, -0.05) is 0 Å². The van der Waals surface area contributed by atoms with Crippen molar-refractivity contribution in [2.24, 2.45) is 7.05 Å². The predicted molar refractivity (Wildman–Crippen MR) is 42.0 cm³/mol. The van der Waals surface area contributed by atoms with Crippen LogP contribution in [0.25, 0.3) is 11.0 Å². The van der Waals surface area contributed by atoms with E-state index >= 15 is 0 Å². The topological polar surface area (TPSA) is 70.9 Å². The van der Waals surface area contributed by atoms with Crippen LogP contribution in [0.3, 0.4) is 0 Å². The van der Waals surface area contributed by atoms with E-state index in [4.69, 9.17) is 5.11 Å². The van der Waals surface area contributed by atoms with Crippen LogP contribution < -0.4 is 0 Å². The highest BCUT2D eigenvalue weighted by Gasteiger charge is 2.14. The molecule has 2 aromatic rings. The molecule has 0 saturated carbocycles. The molecule has 12 heavy (non-hydrogen) atoms. The first kappa shape index (κ1) is 6.90. The lowest BCUT2D eigenvalue weighted by Crippen LogP contribution is -1.99. The molecular weight excluding hydrogens is 158 g/mol. The Morgan fingerprint density at radius 1 is 1.75 bits per heavy atom. The summed E-state index contributed by atoms with van der Waals surface area (Å²) in [4.78, 5) is 13.5. The number of carboxylic acid groups (broad SMARTS) is 1. The molecule has 2 N–H and O–H groups in total. The van der Waals surface area contributed by atoms with E-state index in [2.05, 4.69) is 10.1 Å². The fourth-order valence-electron chi connectivity index (χ4n) is 1.22. The number of aromatic nitrogens is 3. The summed E-state index contributed by atoms with van der Waals surface area (Å²) in [5.41, 5.74) is 1.44. The highest BCUT2D eigenvalue weighted by Crippen LogP contribution is 2.14. The average molecular weight is 165 g/mol. The third-order valence-electron chi connectivity index (χ3n) is 1.76. The minimum atomic E-state index is -1.01. The Balaban J connectivity index is 2.83. The maximum atomic E-state index is 10.6. The minimum Gasteiger partial charge on any atom is -0.476 e. The molecule has 0 aromatic carbocycles. The van der Waals surface area contributed by atoms with Gasteiger partial charge in [0.1, 0.15) is 0 Å². The molecule has 2 rings (SSSR count). The molecule has 0 fully saturated rings. The van der Waals surface area contributed by atoms with Crippen LogP contribution in [0, 0.1) is 0 Å². The third kappa shape index (κ3) is 0.730. The van der Waals surface area contributed by atoms with E-state index in [1.807, 2.05) is 0 Å². The monoisotopic (exact) mass is 165 g/mol. The third-order valence-corrected chi connectivity index (χ3v) is 1.76. The number of aromatic amines is 1. The zero-order valence-corrected chi connectivity index (χ0v) is 6.40. The maximum Gasteiger partial charge on any atom is 0.358 e. The zero-order chi connectivity index (χ0) is 8.72. The quantitative estimate of drug-likeness (QED) is 0.650. The SMILES string of the molecule is Cn1nc(C(=O)O)c2[nH]ccc21. The molecule has 2 heterocycles. The summed E-state index contributed by atoms with van der Waals surface area (Å²) in [5.74, 6) is -1.01. The van der Waals surface area contributed by atoms with E-state index in [-0.39, 0.29) is 5.69 Å². The fraction of sp³-hybridized carbons (Fsp3) is 0.143. The molecule has 0 unspecified atom stereocenters. The number of aromatic carboxylic acids is 1. The van der Waals surface area contributed by atoms with Crippen molar-refractivity contribution in [1.82, 2.24) is 14.8 Å². The van der Waals surface area contributed by atoms with Gasteiger partial charge in [0.15, 0.2) is 5.69 Å². The lowest BCUT2D eigenvalue weighted by Gasteiger charge is -1.85. The summed E-state index contributed by atoms with van der Waals surface area (Å²) >= 11 is 0. The molecule has 0 aliphatic carbocycles. The Morgan fingerprint density at radius 3 is 3.17 bits per heavy atom. The second-order valence-corrected chi connectivity index (χ2v) is 2.52. The van der Waals surface area contributed by atoms with E-state index in [0.717, 1.165) is 5.52 Å². The van der Waals surface area contributed by atoms with Crippen molar-refractivity contribution >= 4 is 17.0 Å². The fourth-order valence-corrected chi connectivity index (χ4v) is 1.22. The number of H-pyrrole nitrogens is 1. The Kier molecular flexibility index (Phi) is 1.21. The van der Waals surface area contributed by atoms with E-state index in [0.29, 0.717) is 5.52 Å². The first-order valence-corrected chi connectivity index (χ1v) is 3.43. The lowest BCUT2D eigenvalue weighted by atomic mass is 10.4. The van der Waals surface area contributed by atoms with Gasteiger partial charge in [-0.25, -0.2) is 4.79 Å². The van der Waals surface area contributed by atoms with Gasteiger partial charge in [-0.15, -0.1) is 0 Å². The number of aryl methyl sites for hydroxylation is 1. The summed E-state index contributed by atoms with van der Waals surface area (Å²) < 4.78 is 1.54. The number of hydrogen-bond acceptors (Lipinski definition) is 2. The average Bonchev–Trinajstić information content (AvgIpc) is 2.53. The number of nitrogens with one attached hydrogen (secondary N) is 1. The van der Waals surface area contributed by atoms with Gasteiger partial charge in [0, 0.05) is 13.2 Å². The maximum absolute atomic E-state index is 10.6. The van der Waals surface area contributed by atoms with Crippen molar-refractivity contribution in [3.63, 3.8) is 0 Å². The Bertz CT molecular complexity index is 440. The van der Waals surface area contributed by atoms with Gasteiger partial charge in [0.2, 0.25) is 0 Å². The minimum absolute atomic E-state index is 0.0671. The molecule has 2 aromatic heterocycles. The van der Waals surface area contributed by atoms with Crippen LogP contribution in [0.15, 0.2) is 12.3 Å². The van der Waals surface area contributed by atoms with Crippen LogP contribution in [0.4, 0.5) is 0 Å². The largest absolute Gasteiger partial charge is 0.476 e. The normalized spacial score (nSPS) is 10.8. The van der Waals surface area contributed by atoms with Gasteiger partial charge >= 0.3 is 5.97 Å². The van der Waals surface area contributed by atoms with Crippen molar-refractivity contribution in [3.8, 4) is 0 Å². The summed E-state index contributed by atoms with van der Waals surface area (Å²) in [6.07, 6.45) is 1.69. The van der Waals surface area contributed by atoms with Crippen molar-refractivity contribution in [1.29, 1.82) is 0 Å². The van der Waals surface area contributed by atoms with Gasteiger partial charge in [-0.05, 0) is 6.07 Å². The number of fused-ring (bicyclic) bond motifs is 1. The van der Waals surface area contributed by atoms with E-state index in [1.165, 1.54) is 4.68 Å². The van der Waals surface area contributed by atoms with Gasteiger partial charge in [-0.2, -0.15) is 5.10 Å². The van der Waals surface area contributed by atoms with E-state index in [1.54, 1.807) is 19.3 Å². The molecule has 5 nitrogen and oxygen atoms in total. The molecule has 62 valence electrons. The number of carbonyl (C=O) groups is 1. The molecule has 0 bridgehead atoms. The first-order valence-electron chi connectivity index (χ1n) is 3.43. The molecule has 0 atom stereocenters. The van der Waals surface area contributed by atoms with Gasteiger partial charge < -0.3 is 10.1 Å². The van der Waals surface area contributed by atoms with Gasteiger partial charge in [0.25, 0.3) is 0 Å². The first-order chi connectivity index (χ1) is 5.70. The van der Waals surface area contributed by atoms with E-state index in [9.17, 15) is 4.79 Å². The Morgan fingerprint density at radius 2 is 2.50 bits per heavy atom. The summed E-state index contributed by atoms with van der Waals surface area (Å²) in [6, 6.07) is 1.79. The van der Waals surface area contributed by atoms with Crippen molar-refractivity contribution in [3.05, 3.63) is 18.0 Å². The number of rotatable bonds is 1. The molecule has 0 amide bonds. The molecule has 0 aliphatic rings. The summed E-state index contributed by atoms with van der Waals surface area (Å²) in [7, 11) is 1.71. The van der Waals surface area contributed by atoms with Crippen molar-refractivity contribution < 1.29 is 9.90 Å². The highest BCUT2D eigenvalue weighted by atomic mass is 16.4. The predicted octanol–water partition coefficient (Wildman–Crippen LogP) is 0.600.